The highest BCUT2D eigenvalue weighted by Gasteiger charge is 2.28. The van der Waals surface area contributed by atoms with Crippen LogP contribution in [0.5, 0.6) is 5.88 Å². The zero-order valence-corrected chi connectivity index (χ0v) is 17.0. The van der Waals surface area contributed by atoms with Crippen LogP contribution in [0.3, 0.4) is 0 Å². The molecule has 8 nitrogen and oxygen atoms in total. The molecule has 1 aliphatic rings. The minimum absolute atomic E-state index is 0.0869. The van der Waals surface area contributed by atoms with Gasteiger partial charge in [0, 0.05) is 42.3 Å². The number of methoxy groups -OCH3 is 1. The molecule has 156 valence electrons. The van der Waals surface area contributed by atoms with Crippen molar-refractivity contribution in [2.75, 3.05) is 25.5 Å². The molecule has 0 unspecified atom stereocenters. The van der Waals surface area contributed by atoms with Crippen molar-refractivity contribution in [1.29, 1.82) is 0 Å². The first-order chi connectivity index (χ1) is 15.2. The van der Waals surface area contributed by atoms with Gasteiger partial charge in [-0.05, 0) is 42.3 Å². The van der Waals surface area contributed by atoms with Gasteiger partial charge >= 0.3 is 0 Å². The van der Waals surface area contributed by atoms with E-state index in [4.69, 9.17) is 9.15 Å². The summed E-state index contributed by atoms with van der Waals surface area (Å²) in [5, 5.41) is 4.42. The van der Waals surface area contributed by atoms with Gasteiger partial charge in [-0.1, -0.05) is 6.07 Å². The number of benzene rings is 1. The van der Waals surface area contributed by atoms with Crippen molar-refractivity contribution in [2.45, 2.75) is 12.5 Å². The Morgan fingerprint density at radius 3 is 2.84 bits per heavy atom. The Bertz CT molecular complexity index is 1210. The molecule has 8 heteroatoms. The average molecular weight is 415 g/mol. The van der Waals surface area contributed by atoms with Crippen LogP contribution in [0.15, 0.2) is 65.7 Å². The number of amides is 1. The lowest BCUT2D eigenvalue weighted by atomic mass is 10.0. The normalized spacial score (nSPS) is 15.9. The molecule has 1 atom stereocenters. The van der Waals surface area contributed by atoms with Gasteiger partial charge in [0.2, 0.25) is 5.88 Å². The monoisotopic (exact) mass is 415 g/mol. The van der Waals surface area contributed by atoms with Crippen LogP contribution >= 0.6 is 0 Å². The van der Waals surface area contributed by atoms with Gasteiger partial charge in [0.15, 0.2) is 5.76 Å². The Labute approximate surface area is 178 Å². The van der Waals surface area contributed by atoms with Gasteiger partial charge in [-0.2, -0.15) is 0 Å². The number of rotatable bonds is 5. The van der Waals surface area contributed by atoms with Crippen LogP contribution in [0, 0.1) is 0 Å². The van der Waals surface area contributed by atoms with Crippen molar-refractivity contribution in [3.05, 3.63) is 67.0 Å². The van der Waals surface area contributed by atoms with Crippen LogP contribution in [-0.2, 0) is 0 Å². The molecule has 0 bridgehead atoms. The Kier molecular flexibility index (Phi) is 4.95. The first-order valence-electron chi connectivity index (χ1n) is 10.1. The van der Waals surface area contributed by atoms with Crippen LogP contribution in [0.4, 0.5) is 5.82 Å². The molecular weight excluding hydrogens is 394 g/mol. The maximum atomic E-state index is 12.5. The fourth-order valence-electron chi connectivity index (χ4n) is 3.84. The van der Waals surface area contributed by atoms with E-state index in [2.05, 4.69) is 26.3 Å². The summed E-state index contributed by atoms with van der Waals surface area (Å²) in [5.74, 6) is 1.61. The van der Waals surface area contributed by atoms with Gasteiger partial charge < -0.3 is 19.4 Å². The summed E-state index contributed by atoms with van der Waals surface area (Å²) in [6, 6.07) is 13.4. The van der Waals surface area contributed by atoms with Crippen LogP contribution in [-0.4, -0.2) is 52.0 Å². The minimum Gasteiger partial charge on any atom is -0.481 e. The van der Waals surface area contributed by atoms with E-state index in [0.717, 1.165) is 34.3 Å². The van der Waals surface area contributed by atoms with Crippen molar-refractivity contribution in [1.82, 2.24) is 19.9 Å². The molecule has 1 amide bonds. The molecule has 1 fully saturated rings. The third-order valence-electron chi connectivity index (χ3n) is 5.46. The zero-order chi connectivity index (χ0) is 21.2. The summed E-state index contributed by atoms with van der Waals surface area (Å²) >= 11 is 0. The largest absolute Gasteiger partial charge is 0.481 e. The van der Waals surface area contributed by atoms with Crippen LogP contribution in [0.2, 0.25) is 0 Å². The molecule has 0 saturated carbocycles. The highest BCUT2D eigenvalue weighted by Crippen LogP contribution is 2.28. The first kappa shape index (κ1) is 19.0. The SMILES string of the molecule is COc1ccc(-c2ccc3ncnc(N[C@H]4CCN(C(=O)c5ccco5)C4)c3c2)cn1. The summed E-state index contributed by atoms with van der Waals surface area (Å²) in [4.78, 5) is 27.5. The lowest BCUT2D eigenvalue weighted by molar-refractivity contribution is 0.0760. The van der Waals surface area contributed by atoms with E-state index in [1.165, 1.54) is 6.26 Å². The molecule has 1 aromatic carbocycles. The molecule has 3 aromatic heterocycles. The van der Waals surface area contributed by atoms with E-state index >= 15 is 0 Å². The second kappa shape index (κ2) is 8.06. The maximum absolute atomic E-state index is 12.5. The molecule has 1 N–H and O–H groups in total. The van der Waals surface area contributed by atoms with Gasteiger partial charge in [-0.15, -0.1) is 0 Å². The van der Waals surface area contributed by atoms with Crippen molar-refractivity contribution < 1.29 is 13.9 Å². The number of carbonyl (C=O) groups excluding carboxylic acids is 1. The number of carbonyl (C=O) groups is 1. The van der Waals surface area contributed by atoms with Gasteiger partial charge in [0.05, 0.1) is 18.9 Å². The Morgan fingerprint density at radius 2 is 2.06 bits per heavy atom. The van der Waals surface area contributed by atoms with Crippen LogP contribution < -0.4 is 10.1 Å². The fraction of sp³-hybridized carbons (Fsp3) is 0.217. The van der Waals surface area contributed by atoms with Gasteiger partial charge in [0.1, 0.15) is 12.1 Å². The Hall–Kier alpha value is -3.94. The van der Waals surface area contributed by atoms with Crippen molar-refractivity contribution in [2.24, 2.45) is 0 Å². The van der Waals surface area contributed by atoms with Gasteiger partial charge in [0.25, 0.3) is 5.91 Å². The van der Waals surface area contributed by atoms with Crippen molar-refractivity contribution in [3.63, 3.8) is 0 Å². The van der Waals surface area contributed by atoms with Crippen LogP contribution in [0.1, 0.15) is 17.0 Å². The predicted molar refractivity (Wildman–Crippen MR) is 116 cm³/mol. The van der Waals surface area contributed by atoms with E-state index in [-0.39, 0.29) is 11.9 Å². The zero-order valence-electron chi connectivity index (χ0n) is 17.0. The molecule has 31 heavy (non-hydrogen) atoms. The summed E-state index contributed by atoms with van der Waals surface area (Å²) in [6.07, 6.45) is 5.69. The number of hydrogen-bond acceptors (Lipinski definition) is 7. The third kappa shape index (κ3) is 3.79. The topological polar surface area (TPSA) is 93.4 Å². The standard InChI is InChI=1S/C23H21N5O3/c1-30-21-7-5-16(12-24-21)15-4-6-19-18(11-15)22(26-14-25-19)27-17-8-9-28(13-17)23(29)20-3-2-10-31-20/h2-7,10-12,14,17H,8-9,13H2,1H3,(H,25,26,27)/t17-/m0/s1. The molecule has 0 radical (unpaired) electrons. The highest BCUT2D eigenvalue weighted by atomic mass is 16.5. The number of likely N-dealkylation sites (tertiary alicyclic amines) is 1. The number of pyridine rings is 1. The Morgan fingerprint density at radius 1 is 1.16 bits per heavy atom. The first-order valence-corrected chi connectivity index (χ1v) is 10.1. The lowest BCUT2D eigenvalue weighted by Crippen LogP contribution is -2.31. The quantitative estimate of drug-likeness (QED) is 0.532. The number of nitrogens with one attached hydrogen (secondary N) is 1. The molecule has 4 heterocycles. The Balaban J connectivity index is 1.37. The van der Waals surface area contributed by atoms with E-state index in [1.54, 1.807) is 36.7 Å². The molecule has 1 aliphatic heterocycles. The second-order valence-electron chi connectivity index (χ2n) is 7.40. The second-order valence-corrected chi connectivity index (χ2v) is 7.40. The van der Waals surface area contributed by atoms with Crippen molar-refractivity contribution >= 4 is 22.6 Å². The van der Waals surface area contributed by atoms with Gasteiger partial charge in [-0.25, -0.2) is 15.0 Å². The molecular formula is C23H21N5O3. The third-order valence-corrected chi connectivity index (χ3v) is 5.46. The number of furan rings is 1. The predicted octanol–water partition coefficient (Wildman–Crippen LogP) is 3.62. The minimum atomic E-state index is -0.0869. The lowest BCUT2D eigenvalue weighted by Gasteiger charge is -2.17. The molecule has 1 saturated heterocycles. The summed E-state index contributed by atoms with van der Waals surface area (Å²) in [6.45, 7) is 1.26. The number of fused-ring (bicyclic) bond motifs is 1. The highest BCUT2D eigenvalue weighted by molar-refractivity contribution is 5.93. The number of aromatic nitrogens is 3. The fourth-order valence-corrected chi connectivity index (χ4v) is 3.84. The number of hydrogen-bond donors (Lipinski definition) is 1. The summed E-state index contributed by atoms with van der Waals surface area (Å²) in [7, 11) is 1.60. The summed E-state index contributed by atoms with van der Waals surface area (Å²) < 4.78 is 10.4. The number of anilines is 1. The van der Waals surface area contributed by atoms with E-state index < -0.39 is 0 Å². The number of ether oxygens (including phenoxy) is 1. The smallest absolute Gasteiger partial charge is 0.289 e. The van der Waals surface area contributed by atoms with Crippen molar-refractivity contribution in [3.8, 4) is 17.0 Å². The van der Waals surface area contributed by atoms with E-state index in [0.29, 0.717) is 24.7 Å². The van der Waals surface area contributed by atoms with Crippen LogP contribution in [0.25, 0.3) is 22.0 Å². The van der Waals surface area contributed by atoms with E-state index in [1.807, 2.05) is 24.3 Å². The summed E-state index contributed by atoms with van der Waals surface area (Å²) in [5.41, 5.74) is 2.85. The maximum Gasteiger partial charge on any atom is 0.289 e. The molecule has 4 aromatic rings. The number of nitrogens with zero attached hydrogens (tertiary/aromatic N) is 4. The molecule has 5 rings (SSSR count). The average Bonchev–Trinajstić information content (AvgIpc) is 3.51. The molecule has 0 aliphatic carbocycles. The van der Waals surface area contributed by atoms with E-state index in [9.17, 15) is 4.79 Å². The molecule has 0 spiro atoms. The van der Waals surface area contributed by atoms with Gasteiger partial charge in [-0.3, -0.25) is 4.79 Å².